The minimum absolute atomic E-state index is 0.347. The standard InChI is InChI=1S/C21H25N3O4S/c1-5-27-18-11-6-15(12-19(18)26-4)13-23(2)14-24-21(29)28-20(22-24)16-7-9-17(25-3)10-8-16/h6-12H,5,13-14H2,1-4H3/p+1. The van der Waals surface area contributed by atoms with E-state index in [0.29, 0.717) is 24.0 Å². The van der Waals surface area contributed by atoms with E-state index in [9.17, 15) is 0 Å². The number of methoxy groups -OCH3 is 2. The Morgan fingerprint density at radius 1 is 1.07 bits per heavy atom. The number of benzene rings is 2. The molecule has 0 bridgehead atoms. The summed E-state index contributed by atoms with van der Waals surface area (Å²) in [4.78, 5) is 1.54. The lowest BCUT2D eigenvalue weighted by Gasteiger charge is -2.15. The SMILES string of the molecule is CCOc1ccc(C[NH+](C)Cn2nc(-c3ccc(OC)cc3)oc2=S)cc1OC. The van der Waals surface area contributed by atoms with E-state index in [2.05, 4.69) is 12.1 Å². The lowest BCUT2D eigenvalue weighted by atomic mass is 10.2. The van der Waals surface area contributed by atoms with E-state index in [1.165, 1.54) is 4.90 Å². The molecule has 0 aliphatic carbocycles. The number of hydrogen-bond acceptors (Lipinski definition) is 6. The molecule has 29 heavy (non-hydrogen) atoms. The fraction of sp³-hybridized carbons (Fsp3) is 0.333. The zero-order chi connectivity index (χ0) is 20.8. The van der Waals surface area contributed by atoms with Gasteiger partial charge in [-0.15, -0.1) is 5.10 Å². The van der Waals surface area contributed by atoms with Gasteiger partial charge in [-0.3, -0.25) is 0 Å². The molecule has 0 aliphatic heterocycles. The number of quaternary nitrogens is 1. The summed E-state index contributed by atoms with van der Waals surface area (Å²) in [7, 11) is 5.36. The maximum Gasteiger partial charge on any atom is 0.292 e. The highest BCUT2D eigenvalue weighted by Crippen LogP contribution is 2.27. The summed E-state index contributed by atoms with van der Waals surface area (Å²) in [5.41, 5.74) is 1.98. The second-order valence-electron chi connectivity index (χ2n) is 6.61. The smallest absolute Gasteiger partial charge is 0.292 e. The van der Waals surface area contributed by atoms with Gasteiger partial charge in [0, 0.05) is 11.1 Å². The highest BCUT2D eigenvalue weighted by atomic mass is 32.1. The van der Waals surface area contributed by atoms with Crippen molar-refractivity contribution in [1.82, 2.24) is 9.78 Å². The first-order chi connectivity index (χ1) is 14.0. The molecule has 154 valence electrons. The molecule has 7 nitrogen and oxygen atoms in total. The molecule has 3 aromatic rings. The Kier molecular flexibility index (Phi) is 6.90. The van der Waals surface area contributed by atoms with E-state index in [0.717, 1.165) is 34.9 Å². The summed E-state index contributed by atoms with van der Waals surface area (Å²) in [6, 6.07) is 13.5. The van der Waals surface area contributed by atoms with Crippen molar-refractivity contribution in [3.63, 3.8) is 0 Å². The van der Waals surface area contributed by atoms with Gasteiger partial charge in [0.1, 0.15) is 12.3 Å². The predicted molar refractivity (Wildman–Crippen MR) is 112 cm³/mol. The maximum absolute atomic E-state index is 5.68. The molecular formula is C21H26N3O4S+. The Morgan fingerprint density at radius 3 is 2.48 bits per heavy atom. The number of nitrogens with zero attached hydrogens (tertiary/aromatic N) is 2. The van der Waals surface area contributed by atoms with Crippen LogP contribution in [0.3, 0.4) is 0 Å². The third-order valence-electron chi connectivity index (χ3n) is 4.40. The van der Waals surface area contributed by atoms with Crippen LogP contribution in [0, 0.1) is 4.84 Å². The summed E-state index contributed by atoms with van der Waals surface area (Å²) in [5, 5.41) is 4.53. The summed E-state index contributed by atoms with van der Waals surface area (Å²) in [6.45, 7) is 3.90. The highest BCUT2D eigenvalue weighted by molar-refractivity contribution is 7.71. The van der Waals surface area contributed by atoms with Gasteiger partial charge in [-0.1, -0.05) is 0 Å². The van der Waals surface area contributed by atoms with Gasteiger partial charge in [0.05, 0.1) is 27.9 Å². The van der Waals surface area contributed by atoms with E-state index in [1.807, 2.05) is 49.4 Å². The van der Waals surface area contributed by atoms with Crippen molar-refractivity contribution in [2.45, 2.75) is 20.1 Å². The minimum atomic E-state index is 0.347. The molecule has 0 fully saturated rings. The number of rotatable bonds is 9. The van der Waals surface area contributed by atoms with Crippen molar-refractivity contribution in [2.24, 2.45) is 0 Å². The summed E-state index contributed by atoms with van der Waals surface area (Å²) < 4.78 is 23.6. The van der Waals surface area contributed by atoms with Gasteiger partial charge in [0.25, 0.3) is 4.84 Å². The molecule has 0 amide bonds. The Hall–Kier alpha value is -2.84. The van der Waals surface area contributed by atoms with Crippen LogP contribution < -0.4 is 19.1 Å². The van der Waals surface area contributed by atoms with E-state index < -0.39 is 0 Å². The highest BCUT2D eigenvalue weighted by Gasteiger charge is 2.13. The summed E-state index contributed by atoms with van der Waals surface area (Å²) in [5.74, 6) is 2.76. The van der Waals surface area contributed by atoms with Crippen molar-refractivity contribution in [3.8, 4) is 28.7 Å². The molecule has 2 aromatic carbocycles. The summed E-state index contributed by atoms with van der Waals surface area (Å²) >= 11 is 5.35. The molecule has 0 spiro atoms. The monoisotopic (exact) mass is 416 g/mol. The molecule has 1 N–H and O–H groups in total. The first kappa shape index (κ1) is 20.9. The Labute approximate surface area is 175 Å². The third-order valence-corrected chi connectivity index (χ3v) is 4.69. The fourth-order valence-corrected chi connectivity index (χ4v) is 3.20. The number of ether oxygens (including phenoxy) is 3. The van der Waals surface area contributed by atoms with Gasteiger partial charge in [-0.25, -0.2) is 0 Å². The second kappa shape index (κ2) is 9.58. The molecule has 0 aliphatic rings. The Bertz CT molecular complexity index is 998. The molecule has 0 saturated heterocycles. The normalized spacial score (nSPS) is 11.9. The number of nitrogens with one attached hydrogen (secondary N) is 1. The zero-order valence-corrected chi connectivity index (χ0v) is 17.9. The van der Waals surface area contributed by atoms with Gasteiger partial charge < -0.3 is 23.5 Å². The number of hydrogen-bond donors (Lipinski definition) is 1. The lowest BCUT2D eigenvalue weighted by molar-refractivity contribution is -0.917. The van der Waals surface area contributed by atoms with Crippen LogP contribution in [0.1, 0.15) is 12.5 Å². The van der Waals surface area contributed by atoms with Crippen LogP contribution in [0.4, 0.5) is 0 Å². The van der Waals surface area contributed by atoms with Crippen LogP contribution >= 0.6 is 12.2 Å². The first-order valence-electron chi connectivity index (χ1n) is 9.37. The van der Waals surface area contributed by atoms with Gasteiger partial charge in [-0.2, -0.15) is 4.68 Å². The van der Waals surface area contributed by atoms with E-state index in [1.54, 1.807) is 18.9 Å². The van der Waals surface area contributed by atoms with E-state index in [4.69, 9.17) is 30.8 Å². The second-order valence-corrected chi connectivity index (χ2v) is 6.96. The summed E-state index contributed by atoms with van der Waals surface area (Å²) in [6.07, 6.45) is 0. The van der Waals surface area contributed by atoms with Gasteiger partial charge >= 0.3 is 0 Å². The molecule has 1 unspecified atom stereocenters. The Morgan fingerprint density at radius 2 is 1.83 bits per heavy atom. The average molecular weight is 417 g/mol. The van der Waals surface area contributed by atoms with E-state index >= 15 is 0 Å². The largest absolute Gasteiger partial charge is 0.497 e. The van der Waals surface area contributed by atoms with Crippen LogP contribution in [-0.4, -0.2) is 37.7 Å². The predicted octanol–water partition coefficient (Wildman–Crippen LogP) is 2.96. The van der Waals surface area contributed by atoms with Crippen LogP contribution in [0.2, 0.25) is 0 Å². The molecule has 0 radical (unpaired) electrons. The van der Waals surface area contributed by atoms with Crippen LogP contribution in [0.15, 0.2) is 46.9 Å². The van der Waals surface area contributed by atoms with Crippen molar-refractivity contribution in [3.05, 3.63) is 52.9 Å². The van der Waals surface area contributed by atoms with Gasteiger partial charge in [0.2, 0.25) is 5.89 Å². The minimum Gasteiger partial charge on any atom is -0.497 e. The molecule has 1 heterocycles. The van der Waals surface area contributed by atoms with E-state index in [-0.39, 0.29) is 0 Å². The van der Waals surface area contributed by atoms with Crippen molar-refractivity contribution >= 4 is 12.2 Å². The molecular weight excluding hydrogens is 390 g/mol. The van der Waals surface area contributed by atoms with Gasteiger partial charge in [0.15, 0.2) is 18.2 Å². The average Bonchev–Trinajstić information content (AvgIpc) is 3.09. The first-order valence-corrected chi connectivity index (χ1v) is 9.78. The van der Waals surface area contributed by atoms with Crippen molar-refractivity contribution in [2.75, 3.05) is 27.9 Å². The fourth-order valence-electron chi connectivity index (χ4n) is 3.01. The molecule has 1 aromatic heterocycles. The van der Waals surface area contributed by atoms with Crippen LogP contribution in [0.5, 0.6) is 17.2 Å². The van der Waals surface area contributed by atoms with Crippen molar-refractivity contribution < 1.29 is 23.5 Å². The maximum atomic E-state index is 5.68. The lowest BCUT2D eigenvalue weighted by Crippen LogP contribution is -3.07. The molecule has 1 atom stereocenters. The third kappa shape index (κ3) is 5.16. The van der Waals surface area contributed by atoms with Crippen molar-refractivity contribution in [1.29, 1.82) is 0 Å². The Balaban J connectivity index is 1.70. The topological polar surface area (TPSA) is 63.1 Å². The number of aromatic nitrogens is 2. The van der Waals surface area contributed by atoms with Gasteiger partial charge in [-0.05, 0) is 61.6 Å². The van der Waals surface area contributed by atoms with Crippen LogP contribution in [0.25, 0.3) is 11.5 Å². The molecule has 8 heteroatoms. The zero-order valence-electron chi connectivity index (χ0n) is 17.1. The van der Waals surface area contributed by atoms with Crippen LogP contribution in [-0.2, 0) is 13.2 Å². The molecule has 0 saturated carbocycles. The molecule has 3 rings (SSSR count). The quantitative estimate of drug-likeness (QED) is 0.541.